The first kappa shape index (κ1) is 13.7. The Balaban J connectivity index is 1.95. The molecule has 1 aromatic carbocycles. The van der Waals surface area contributed by atoms with E-state index < -0.39 is 0 Å². The number of ether oxygens (including phenoxy) is 2. The Morgan fingerprint density at radius 1 is 1.40 bits per heavy atom. The van der Waals surface area contributed by atoms with Gasteiger partial charge in [-0.15, -0.1) is 0 Å². The highest BCUT2D eigenvalue weighted by Crippen LogP contribution is 2.49. The minimum absolute atomic E-state index is 0.0334. The second kappa shape index (κ2) is 5.28. The summed E-state index contributed by atoms with van der Waals surface area (Å²) in [5.74, 6) is 2.65. The predicted octanol–water partition coefficient (Wildman–Crippen LogP) is 3.69. The third-order valence-electron chi connectivity index (χ3n) is 4.76. The van der Waals surface area contributed by atoms with Gasteiger partial charge in [-0.2, -0.15) is 0 Å². The van der Waals surface area contributed by atoms with Crippen LogP contribution in [0.25, 0.3) is 0 Å². The Labute approximate surface area is 121 Å². The smallest absolute Gasteiger partial charge is 0.128 e. The molecule has 1 saturated carbocycles. The van der Waals surface area contributed by atoms with Gasteiger partial charge in [-0.25, -0.2) is 0 Å². The van der Waals surface area contributed by atoms with Crippen LogP contribution in [0.4, 0.5) is 0 Å². The summed E-state index contributed by atoms with van der Waals surface area (Å²) in [7, 11) is 1.71. The van der Waals surface area contributed by atoms with Gasteiger partial charge in [0.15, 0.2) is 0 Å². The normalized spacial score (nSPS) is 31.9. The Hall–Kier alpha value is -1.22. The molecule has 3 atom stereocenters. The number of hydrogen-bond donors (Lipinski definition) is 1. The van der Waals surface area contributed by atoms with E-state index in [-0.39, 0.29) is 5.60 Å². The van der Waals surface area contributed by atoms with Gasteiger partial charge >= 0.3 is 0 Å². The molecule has 110 valence electrons. The molecule has 1 heterocycles. The standard InChI is InChI=1S/C17H25NO2/c1-4-18-15-11-17(8-7-12(2)10-17)20-16-9-13(19-3)5-6-14(15)16/h5-6,9,12,15,18H,4,7-8,10-11H2,1-3H3. The van der Waals surface area contributed by atoms with Crippen LogP contribution in [0.15, 0.2) is 18.2 Å². The van der Waals surface area contributed by atoms with Gasteiger partial charge in [-0.1, -0.05) is 19.9 Å². The summed E-state index contributed by atoms with van der Waals surface area (Å²) in [6, 6.07) is 6.62. The molecule has 1 aliphatic heterocycles. The van der Waals surface area contributed by atoms with Crippen molar-refractivity contribution in [3.8, 4) is 11.5 Å². The highest BCUT2D eigenvalue weighted by Gasteiger charge is 2.45. The second-order valence-electron chi connectivity index (χ2n) is 6.35. The van der Waals surface area contributed by atoms with Crippen LogP contribution in [0.5, 0.6) is 11.5 Å². The van der Waals surface area contributed by atoms with E-state index in [9.17, 15) is 0 Å². The van der Waals surface area contributed by atoms with Crippen molar-refractivity contribution in [2.75, 3.05) is 13.7 Å². The first-order valence-electron chi connectivity index (χ1n) is 7.76. The van der Waals surface area contributed by atoms with Crippen molar-refractivity contribution in [2.24, 2.45) is 5.92 Å². The summed E-state index contributed by atoms with van der Waals surface area (Å²) >= 11 is 0. The minimum atomic E-state index is 0.0334. The quantitative estimate of drug-likeness (QED) is 0.912. The number of rotatable bonds is 3. The molecule has 1 N–H and O–H groups in total. The van der Waals surface area contributed by atoms with E-state index in [0.29, 0.717) is 6.04 Å². The van der Waals surface area contributed by atoms with E-state index in [1.165, 1.54) is 24.8 Å². The average molecular weight is 275 g/mol. The number of methoxy groups -OCH3 is 1. The topological polar surface area (TPSA) is 30.5 Å². The van der Waals surface area contributed by atoms with Gasteiger partial charge in [0.1, 0.15) is 17.1 Å². The van der Waals surface area contributed by atoms with Crippen LogP contribution in [0.2, 0.25) is 0 Å². The molecule has 20 heavy (non-hydrogen) atoms. The lowest BCUT2D eigenvalue weighted by molar-refractivity contribution is 0.0336. The summed E-state index contributed by atoms with van der Waals surface area (Å²) in [6.07, 6.45) is 4.71. The van der Waals surface area contributed by atoms with Crippen molar-refractivity contribution in [1.29, 1.82) is 0 Å². The average Bonchev–Trinajstić information content (AvgIpc) is 2.79. The van der Waals surface area contributed by atoms with Crippen LogP contribution in [-0.4, -0.2) is 19.3 Å². The predicted molar refractivity (Wildman–Crippen MR) is 80.4 cm³/mol. The number of hydrogen-bond acceptors (Lipinski definition) is 3. The molecule has 0 amide bonds. The summed E-state index contributed by atoms with van der Waals surface area (Å²) in [5.41, 5.74) is 1.31. The molecule has 2 aliphatic rings. The lowest BCUT2D eigenvalue weighted by Gasteiger charge is -2.40. The van der Waals surface area contributed by atoms with Crippen LogP contribution in [-0.2, 0) is 0 Å². The fourth-order valence-electron chi connectivity index (χ4n) is 3.83. The second-order valence-corrected chi connectivity index (χ2v) is 6.35. The van der Waals surface area contributed by atoms with Gasteiger partial charge in [0.2, 0.25) is 0 Å². The van der Waals surface area contributed by atoms with E-state index in [1.54, 1.807) is 7.11 Å². The van der Waals surface area contributed by atoms with E-state index >= 15 is 0 Å². The molecule has 3 nitrogen and oxygen atoms in total. The number of benzene rings is 1. The third-order valence-corrected chi connectivity index (χ3v) is 4.76. The first-order chi connectivity index (χ1) is 9.65. The van der Waals surface area contributed by atoms with Gasteiger partial charge < -0.3 is 14.8 Å². The fraction of sp³-hybridized carbons (Fsp3) is 0.647. The van der Waals surface area contributed by atoms with Crippen molar-refractivity contribution in [2.45, 2.75) is 51.2 Å². The summed E-state index contributed by atoms with van der Waals surface area (Å²) < 4.78 is 11.8. The van der Waals surface area contributed by atoms with E-state index in [0.717, 1.165) is 30.4 Å². The molecule has 0 aromatic heterocycles. The number of fused-ring (bicyclic) bond motifs is 1. The van der Waals surface area contributed by atoms with Crippen LogP contribution in [0.3, 0.4) is 0 Å². The molecule has 1 aliphatic carbocycles. The van der Waals surface area contributed by atoms with Gasteiger partial charge in [0, 0.05) is 24.1 Å². The SMILES string of the molecule is CCNC1CC2(CCC(C)C2)Oc2cc(OC)ccc21. The van der Waals surface area contributed by atoms with Crippen molar-refractivity contribution >= 4 is 0 Å². The maximum Gasteiger partial charge on any atom is 0.128 e. The molecule has 3 unspecified atom stereocenters. The minimum Gasteiger partial charge on any atom is -0.497 e. The van der Waals surface area contributed by atoms with Crippen LogP contribution in [0.1, 0.15) is 51.1 Å². The molecule has 0 radical (unpaired) electrons. The lowest BCUT2D eigenvalue weighted by Crippen LogP contribution is -2.42. The lowest BCUT2D eigenvalue weighted by atomic mass is 9.85. The molecule has 0 bridgehead atoms. The zero-order chi connectivity index (χ0) is 14.2. The number of nitrogens with one attached hydrogen (secondary N) is 1. The van der Waals surface area contributed by atoms with Crippen molar-refractivity contribution < 1.29 is 9.47 Å². The molecule has 3 heteroatoms. The van der Waals surface area contributed by atoms with Gasteiger partial charge in [-0.05, 0) is 37.8 Å². The van der Waals surface area contributed by atoms with E-state index in [4.69, 9.17) is 9.47 Å². The summed E-state index contributed by atoms with van der Waals surface area (Å²) in [4.78, 5) is 0. The Morgan fingerprint density at radius 3 is 2.90 bits per heavy atom. The largest absolute Gasteiger partial charge is 0.497 e. The highest BCUT2D eigenvalue weighted by atomic mass is 16.5. The summed E-state index contributed by atoms with van der Waals surface area (Å²) in [5, 5.41) is 3.62. The van der Waals surface area contributed by atoms with E-state index in [2.05, 4.69) is 25.2 Å². The van der Waals surface area contributed by atoms with Gasteiger partial charge in [0.25, 0.3) is 0 Å². The summed E-state index contributed by atoms with van der Waals surface area (Å²) in [6.45, 7) is 5.49. The first-order valence-corrected chi connectivity index (χ1v) is 7.76. The zero-order valence-electron chi connectivity index (χ0n) is 12.7. The van der Waals surface area contributed by atoms with Crippen LogP contribution >= 0.6 is 0 Å². The Bertz CT molecular complexity index is 488. The molecule has 1 spiro atoms. The van der Waals surface area contributed by atoms with E-state index in [1.807, 2.05) is 12.1 Å². The molecule has 3 rings (SSSR count). The van der Waals surface area contributed by atoms with Crippen molar-refractivity contribution in [3.05, 3.63) is 23.8 Å². The maximum absolute atomic E-state index is 6.45. The molecular formula is C17H25NO2. The fourth-order valence-corrected chi connectivity index (χ4v) is 3.83. The Morgan fingerprint density at radius 2 is 2.25 bits per heavy atom. The van der Waals surface area contributed by atoms with Crippen LogP contribution < -0.4 is 14.8 Å². The zero-order valence-corrected chi connectivity index (χ0v) is 12.7. The molecule has 1 fully saturated rings. The highest BCUT2D eigenvalue weighted by molar-refractivity contribution is 5.44. The van der Waals surface area contributed by atoms with Crippen LogP contribution in [0, 0.1) is 5.92 Å². The van der Waals surface area contributed by atoms with Gasteiger partial charge in [0.05, 0.1) is 7.11 Å². The van der Waals surface area contributed by atoms with Crippen molar-refractivity contribution in [3.63, 3.8) is 0 Å². The molecule has 0 saturated heterocycles. The Kier molecular flexibility index (Phi) is 3.63. The van der Waals surface area contributed by atoms with Gasteiger partial charge in [-0.3, -0.25) is 0 Å². The monoisotopic (exact) mass is 275 g/mol. The molecular weight excluding hydrogens is 250 g/mol. The maximum atomic E-state index is 6.45. The van der Waals surface area contributed by atoms with Crippen molar-refractivity contribution in [1.82, 2.24) is 5.32 Å². The third kappa shape index (κ3) is 2.39. The molecule has 1 aromatic rings.